The predicted molar refractivity (Wildman–Crippen MR) is 161 cm³/mol. The average Bonchev–Trinajstić information content (AvgIpc) is 2.92. The molecule has 2 N–H and O–H groups in total. The Morgan fingerprint density at radius 1 is 1.05 bits per heavy atom. The van der Waals surface area contributed by atoms with Gasteiger partial charge in [-0.2, -0.15) is 0 Å². The van der Waals surface area contributed by atoms with Crippen LogP contribution < -0.4 is 10.2 Å². The number of aliphatic hydroxyl groups is 1. The van der Waals surface area contributed by atoms with Crippen molar-refractivity contribution in [3.63, 3.8) is 0 Å². The molecule has 0 aromatic carbocycles. The number of hydrogen-bond acceptors (Lipinski definition) is 7. The Morgan fingerprint density at radius 3 is 2.40 bits per heavy atom. The average molecular weight is 558 g/mol. The quantitative estimate of drug-likeness (QED) is 0.438. The van der Waals surface area contributed by atoms with Crippen molar-refractivity contribution in [1.82, 2.24) is 20.2 Å². The molecule has 8 nitrogen and oxygen atoms in total. The van der Waals surface area contributed by atoms with Gasteiger partial charge < -0.3 is 20.1 Å². The smallest absolute Gasteiger partial charge is 0.220 e. The van der Waals surface area contributed by atoms with E-state index in [0.717, 1.165) is 94.4 Å². The number of anilines is 1. The third-order valence-corrected chi connectivity index (χ3v) is 9.36. The normalized spacial score (nSPS) is 28.4. The molecule has 3 fully saturated rings. The number of ether oxygens (including phenoxy) is 1. The summed E-state index contributed by atoms with van der Waals surface area (Å²) < 4.78 is 5.32. The van der Waals surface area contributed by atoms with E-state index >= 15 is 0 Å². The molecule has 4 rings (SSSR count). The summed E-state index contributed by atoms with van der Waals surface area (Å²) in [6, 6.07) is 2.92. The number of hydrogen-bond donors (Lipinski definition) is 2. The van der Waals surface area contributed by atoms with E-state index in [9.17, 15) is 9.90 Å². The van der Waals surface area contributed by atoms with E-state index in [1.54, 1.807) is 7.11 Å². The van der Waals surface area contributed by atoms with Gasteiger partial charge in [-0.3, -0.25) is 9.69 Å². The minimum atomic E-state index is -0.152. The van der Waals surface area contributed by atoms with Crippen molar-refractivity contribution in [2.75, 3.05) is 44.8 Å². The fraction of sp³-hybridized carbons (Fsp3) is 0.844. The van der Waals surface area contributed by atoms with Crippen LogP contribution in [0.25, 0.3) is 0 Å². The number of piperazine rings is 1. The zero-order valence-corrected chi connectivity index (χ0v) is 25.8. The molecule has 1 saturated heterocycles. The van der Waals surface area contributed by atoms with Gasteiger partial charge in [-0.25, -0.2) is 9.97 Å². The van der Waals surface area contributed by atoms with Gasteiger partial charge in [0.25, 0.3) is 0 Å². The minimum absolute atomic E-state index is 0.0927. The lowest BCUT2D eigenvalue weighted by molar-refractivity contribution is -0.123. The van der Waals surface area contributed by atoms with E-state index in [1.807, 2.05) is 0 Å². The van der Waals surface area contributed by atoms with E-state index in [2.05, 4.69) is 48.9 Å². The molecule has 3 aliphatic rings. The van der Waals surface area contributed by atoms with Crippen LogP contribution in [-0.4, -0.2) is 84.0 Å². The molecule has 1 atom stereocenters. The van der Waals surface area contributed by atoms with Crippen LogP contribution in [-0.2, 0) is 21.4 Å². The van der Waals surface area contributed by atoms with E-state index in [4.69, 9.17) is 14.7 Å². The second kappa shape index (κ2) is 14.4. The fourth-order valence-corrected chi connectivity index (χ4v) is 6.74. The zero-order chi connectivity index (χ0) is 28.7. The topological polar surface area (TPSA) is 90.8 Å². The molecular formula is C32H55N5O3. The van der Waals surface area contributed by atoms with Crippen LogP contribution in [0.5, 0.6) is 0 Å². The molecular weight excluding hydrogens is 502 g/mol. The van der Waals surface area contributed by atoms with Crippen molar-refractivity contribution < 1.29 is 14.6 Å². The summed E-state index contributed by atoms with van der Waals surface area (Å²) in [5, 5.41) is 13.0. The highest BCUT2D eigenvalue weighted by atomic mass is 16.5. The largest absolute Gasteiger partial charge is 0.393 e. The number of carbonyl (C=O) groups is 1. The number of nitrogens with zero attached hydrogens (tertiary/aromatic N) is 4. The summed E-state index contributed by atoms with van der Waals surface area (Å²) in [4.78, 5) is 27.5. The Bertz CT molecular complexity index is 935. The van der Waals surface area contributed by atoms with Crippen LogP contribution in [0.1, 0.15) is 103 Å². The lowest BCUT2D eigenvalue weighted by atomic mass is 9.83. The lowest BCUT2D eigenvalue weighted by Crippen LogP contribution is -2.52. The van der Waals surface area contributed by atoms with E-state index in [1.165, 1.54) is 19.3 Å². The molecule has 2 saturated carbocycles. The molecule has 40 heavy (non-hydrogen) atoms. The van der Waals surface area contributed by atoms with Crippen molar-refractivity contribution in [1.29, 1.82) is 0 Å². The van der Waals surface area contributed by atoms with Crippen LogP contribution in [0.4, 0.5) is 5.82 Å². The van der Waals surface area contributed by atoms with Gasteiger partial charge in [0, 0.05) is 68.8 Å². The van der Waals surface area contributed by atoms with Crippen LogP contribution in [0.3, 0.4) is 0 Å². The number of rotatable bonds is 10. The molecule has 2 aliphatic carbocycles. The maximum Gasteiger partial charge on any atom is 0.220 e. The summed E-state index contributed by atoms with van der Waals surface area (Å²) in [6.45, 7) is 13.8. The summed E-state index contributed by atoms with van der Waals surface area (Å²) in [5.41, 5.74) is 0.969. The maximum absolute atomic E-state index is 12.6. The van der Waals surface area contributed by atoms with Gasteiger partial charge in [-0.05, 0) is 83.1 Å². The Labute approximate surface area is 242 Å². The molecule has 2 heterocycles. The Kier molecular flexibility index (Phi) is 11.2. The van der Waals surface area contributed by atoms with Gasteiger partial charge in [-0.1, -0.05) is 20.8 Å². The van der Waals surface area contributed by atoms with Crippen molar-refractivity contribution in [2.24, 2.45) is 11.8 Å². The predicted octanol–water partition coefficient (Wildman–Crippen LogP) is 4.48. The van der Waals surface area contributed by atoms with Crippen molar-refractivity contribution >= 4 is 11.7 Å². The van der Waals surface area contributed by atoms with E-state index < -0.39 is 0 Å². The number of carbonyl (C=O) groups excluding carboxylic acids is 1. The number of amides is 1. The highest BCUT2D eigenvalue weighted by Crippen LogP contribution is 2.30. The molecule has 1 aliphatic heterocycles. The second-order valence-electron chi connectivity index (χ2n) is 13.8. The third-order valence-electron chi connectivity index (χ3n) is 9.36. The van der Waals surface area contributed by atoms with Crippen LogP contribution in [0.2, 0.25) is 0 Å². The SMILES string of the molecule is COCCc1cc(N2CCN(CCC3CCC(NC(=O)CC4CCC(O)CC4)CC3)C[C@H]2C)nc(C(C)(C)C)n1. The van der Waals surface area contributed by atoms with Gasteiger partial charge in [-0.15, -0.1) is 0 Å². The number of aliphatic hydroxyl groups excluding tert-OH is 1. The number of methoxy groups -OCH3 is 1. The third kappa shape index (κ3) is 9.12. The molecule has 0 spiro atoms. The number of aromatic nitrogens is 2. The summed E-state index contributed by atoms with van der Waals surface area (Å²) in [6.07, 6.45) is 10.9. The first-order valence-electron chi connectivity index (χ1n) is 15.9. The van der Waals surface area contributed by atoms with Crippen LogP contribution >= 0.6 is 0 Å². The van der Waals surface area contributed by atoms with E-state index in [0.29, 0.717) is 31.0 Å². The highest BCUT2D eigenvalue weighted by Gasteiger charge is 2.29. The van der Waals surface area contributed by atoms with Gasteiger partial charge in [0.15, 0.2) is 0 Å². The molecule has 1 aromatic heterocycles. The van der Waals surface area contributed by atoms with E-state index in [-0.39, 0.29) is 17.4 Å². The van der Waals surface area contributed by atoms with Gasteiger partial charge in [0.05, 0.1) is 12.7 Å². The molecule has 226 valence electrons. The van der Waals surface area contributed by atoms with Crippen molar-refractivity contribution in [2.45, 2.75) is 122 Å². The molecule has 0 bridgehead atoms. The molecule has 0 unspecified atom stereocenters. The standard InChI is InChI=1S/C32H55N5O3/c1-23-22-36(17-18-37(23)29-21-27(15-19-40-5)34-31(35-29)32(2,3)4)16-14-24-6-10-26(11-7-24)33-30(39)20-25-8-12-28(38)13-9-25/h21,23-26,28,38H,6-20,22H2,1-5H3,(H,33,39)/t23-,24?,25?,26?,28?/m1/s1. The lowest BCUT2D eigenvalue weighted by Gasteiger charge is -2.41. The molecule has 1 amide bonds. The van der Waals surface area contributed by atoms with Crippen molar-refractivity contribution in [3.8, 4) is 0 Å². The zero-order valence-electron chi connectivity index (χ0n) is 25.8. The van der Waals surface area contributed by atoms with Crippen LogP contribution in [0, 0.1) is 11.8 Å². The molecule has 1 aromatic rings. The summed E-state index contributed by atoms with van der Waals surface area (Å²) >= 11 is 0. The molecule has 0 radical (unpaired) electrons. The van der Waals surface area contributed by atoms with Crippen molar-refractivity contribution in [3.05, 3.63) is 17.6 Å². The first-order chi connectivity index (χ1) is 19.1. The monoisotopic (exact) mass is 557 g/mol. The van der Waals surface area contributed by atoms with Gasteiger partial charge in [0.1, 0.15) is 11.6 Å². The minimum Gasteiger partial charge on any atom is -0.393 e. The Balaban J connectivity index is 1.19. The summed E-state index contributed by atoms with van der Waals surface area (Å²) in [7, 11) is 1.74. The Hall–Kier alpha value is -1.77. The highest BCUT2D eigenvalue weighted by molar-refractivity contribution is 5.76. The molecule has 8 heteroatoms. The second-order valence-corrected chi connectivity index (χ2v) is 13.8. The van der Waals surface area contributed by atoms with Gasteiger partial charge in [0.2, 0.25) is 5.91 Å². The van der Waals surface area contributed by atoms with Gasteiger partial charge >= 0.3 is 0 Å². The number of nitrogens with one attached hydrogen (secondary N) is 1. The van der Waals surface area contributed by atoms with Crippen LogP contribution in [0.15, 0.2) is 6.07 Å². The Morgan fingerprint density at radius 2 is 1.75 bits per heavy atom. The summed E-state index contributed by atoms with van der Waals surface area (Å²) in [5.74, 6) is 3.41. The first-order valence-corrected chi connectivity index (χ1v) is 15.9. The maximum atomic E-state index is 12.6. The first kappa shape index (κ1) is 31.2. The fourth-order valence-electron chi connectivity index (χ4n) is 6.74.